The van der Waals surface area contributed by atoms with Gasteiger partial charge in [0.05, 0.1) is 5.69 Å². The second-order valence-corrected chi connectivity index (χ2v) is 3.89. The fourth-order valence-corrected chi connectivity index (χ4v) is 1.44. The molecule has 0 saturated carbocycles. The van der Waals surface area contributed by atoms with E-state index in [4.69, 9.17) is 0 Å². The van der Waals surface area contributed by atoms with Gasteiger partial charge in [-0.25, -0.2) is 18.4 Å². The van der Waals surface area contributed by atoms with E-state index in [2.05, 4.69) is 10.1 Å². The number of hydrogen-bond donors (Lipinski definition) is 2. The topological polar surface area (TPSA) is 83.0 Å². The molecule has 0 unspecified atom stereocenters. The summed E-state index contributed by atoms with van der Waals surface area (Å²) in [7, 11) is 0. The second-order valence-electron chi connectivity index (χ2n) is 3.89. The molecule has 2 aromatic heterocycles. The standard InChI is InChI=1S/C9H10F2N4O2/c1-9(10,11)3-2-5-4-6-12-7(16)13-8(17)15(6)14-5/h4H,2-3H2,1H3,(H2,12,13,16,17). The summed E-state index contributed by atoms with van der Waals surface area (Å²) < 4.78 is 26.2. The van der Waals surface area contributed by atoms with Crippen LogP contribution in [0.15, 0.2) is 15.7 Å². The van der Waals surface area contributed by atoms with Crippen molar-refractivity contribution in [3.05, 3.63) is 32.7 Å². The smallest absolute Gasteiger partial charge is 0.292 e. The predicted octanol–water partition coefficient (Wildman–Crippen LogP) is 0.299. The largest absolute Gasteiger partial charge is 0.352 e. The summed E-state index contributed by atoms with van der Waals surface area (Å²) in [6.07, 6.45) is -0.328. The number of fused-ring (bicyclic) bond motifs is 1. The number of aryl methyl sites for hydroxylation is 1. The van der Waals surface area contributed by atoms with Crippen LogP contribution in [0.3, 0.4) is 0 Å². The molecule has 0 saturated heterocycles. The number of halogens is 2. The third kappa shape index (κ3) is 2.58. The first-order valence-electron chi connectivity index (χ1n) is 4.94. The lowest BCUT2D eigenvalue weighted by molar-refractivity contribution is 0.0130. The molecule has 0 aromatic carbocycles. The van der Waals surface area contributed by atoms with E-state index in [1.54, 1.807) is 0 Å². The average molecular weight is 244 g/mol. The Balaban J connectivity index is 2.36. The minimum Gasteiger partial charge on any atom is -0.292 e. The summed E-state index contributed by atoms with van der Waals surface area (Å²) in [5, 5.41) is 3.83. The van der Waals surface area contributed by atoms with E-state index < -0.39 is 17.3 Å². The van der Waals surface area contributed by atoms with Crippen LogP contribution in [0.1, 0.15) is 19.0 Å². The number of aromatic nitrogens is 4. The number of H-pyrrole nitrogens is 2. The zero-order valence-electron chi connectivity index (χ0n) is 8.96. The molecule has 0 aliphatic rings. The van der Waals surface area contributed by atoms with Crippen LogP contribution in [0.2, 0.25) is 0 Å². The van der Waals surface area contributed by atoms with Gasteiger partial charge >= 0.3 is 11.4 Å². The van der Waals surface area contributed by atoms with Gasteiger partial charge in [0.15, 0.2) is 0 Å². The summed E-state index contributed by atoms with van der Waals surface area (Å²) in [5.74, 6) is -2.78. The monoisotopic (exact) mass is 244 g/mol. The molecule has 6 nitrogen and oxygen atoms in total. The lowest BCUT2D eigenvalue weighted by Gasteiger charge is -2.07. The van der Waals surface area contributed by atoms with Crippen molar-refractivity contribution in [2.75, 3.05) is 0 Å². The summed E-state index contributed by atoms with van der Waals surface area (Å²) >= 11 is 0. The molecule has 2 rings (SSSR count). The lowest BCUT2D eigenvalue weighted by Crippen LogP contribution is -2.28. The van der Waals surface area contributed by atoms with Crippen molar-refractivity contribution < 1.29 is 8.78 Å². The Morgan fingerprint density at radius 3 is 2.76 bits per heavy atom. The summed E-state index contributed by atoms with van der Waals surface area (Å²) in [6.45, 7) is 0.817. The number of alkyl halides is 2. The van der Waals surface area contributed by atoms with Crippen LogP contribution >= 0.6 is 0 Å². The van der Waals surface area contributed by atoms with Gasteiger partial charge in [0, 0.05) is 12.5 Å². The maximum Gasteiger partial charge on any atom is 0.352 e. The zero-order valence-corrected chi connectivity index (χ0v) is 8.96. The highest BCUT2D eigenvalue weighted by Gasteiger charge is 2.21. The average Bonchev–Trinajstić information content (AvgIpc) is 2.56. The van der Waals surface area contributed by atoms with Crippen molar-refractivity contribution >= 4 is 5.65 Å². The Labute approximate surface area is 93.3 Å². The third-order valence-corrected chi connectivity index (χ3v) is 2.23. The molecule has 0 fully saturated rings. The summed E-state index contributed by atoms with van der Waals surface area (Å²) in [6, 6.07) is 1.41. The Kier molecular flexibility index (Phi) is 2.56. The maximum absolute atomic E-state index is 12.6. The number of rotatable bonds is 3. The molecule has 2 N–H and O–H groups in total. The minimum absolute atomic E-state index is 0.0344. The molecular formula is C9H10F2N4O2. The summed E-state index contributed by atoms with van der Waals surface area (Å²) in [5.41, 5.74) is -0.833. The highest BCUT2D eigenvalue weighted by molar-refractivity contribution is 5.37. The third-order valence-electron chi connectivity index (χ3n) is 2.23. The molecule has 0 aliphatic carbocycles. The fraction of sp³-hybridized carbons (Fsp3) is 0.444. The molecule has 92 valence electrons. The molecule has 8 heteroatoms. The van der Waals surface area contributed by atoms with Crippen molar-refractivity contribution in [1.82, 2.24) is 19.6 Å². The normalized spacial score (nSPS) is 12.2. The molecule has 0 bridgehead atoms. The van der Waals surface area contributed by atoms with E-state index in [1.807, 2.05) is 4.98 Å². The highest BCUT2D eigenvalue weighted by atomic mass is 19.3. The van der Waals surface area contributed by atoms with Gasteiger partial charge in [0.1, 0.15) is 5.65 Å². The SMILES string of the molecule is CC(F)(F)CCc1cc2[nH]c(=O)[nH]c(=O)n2n1. The van der Waals surface area contributed by atoms with Crippen LogP contribution in [0.4, 0.5) is 8.78 Å². The number of aromatic amines is 2. The van der Waals surface area contributed by atoms with E-state index in [1.165, 1.54) is 6.07 Å². The molecule has 0 aliphatic heterocycles. The van der Waals surface area contributed by atoms with Gasteiger partial charge in [0.25, 0.3) is 0 Å². The zero-order chi connectivity index (χ0) is 12.6. The molecule has 2 heterocycles. The first kappa shape index (κ1) is 11.5. The minimum atomic E-state index is -2.78. The van der Waals surface area contributed by atoms with Gasteiger partial charge < -0.3 is 0 Å². The van der Waals surface area contributed by atoms with Gasteiger partial charge in [-0.05, 0) is 13.3 Å². The summed E-state index contributed by atoms with van der Waals surface area (Å²) in [4.78, 5) is 26.6. The van der Waals surface area contributed by atoms with E-state index in [0.717, 1.165) is 11.4 Å². The Hall–Kier alpha value is -1.99. The van der Waals surface area contributed by atoms with Crippen LogP contribution in [0, 0.1) is 0 Å². The van der Waals surface area contributed by atoms with E-state index in [9.17, 15) is 18.4 Å². The van der Waals surface area contributed by atoms with Gasteiger partial charge in [-0.2, -0.15) is 9.61 Å². The number of nitrogens with one attached hydrogen (secondary N) is 2. The number of nitrogens with zero attached hydrogens (tertiary/aromatic N) is 2. The molecular weight excluding hydrogens is 234 g/mol. The van der Waals surface area contributed by atoms with Crippen molar-refractivity contribution in [1.29, 1.82) is 0 Å². The number of hydrogen-bond acceptors (Lipinski definition) is 3. The quantitative estimate of drug-likeness (QED) is 0.814. The lowest BCUT2D eigenvalue weighted by atomic mass is 10.2. The van der Waals surface area contributed by atoms with Crippen molar-refractivity contribution in [2.24, 2.45) is 0 Å². The molecule has 0 spiro atoms. The van der Waals surface area contributed by atoms with Gasteiger partial charge in [-0.3, -0.25) is 9.97 Å². The molecule has 0 radical (unpaired) electrons. The first-order chi connectivity index (χ1) is 7.85. The van der Waals surface area contributed by atoms with Gasteiger partial charge in [-0.15, -0.1) is 0 Å². The fourth-order valence-electron chi connectivity index (χ4n) is 1.44. The highest BCUT2D eigenvalue weighted by Crippen LogP contribution is 2.19. The van der Waals surface area contributed by atoms with Crippen LogP contribution in [0.5, 0.6) is 0 Å². The van der Waals surface area contributed by atoms with Crippen LogP contribution in [0.25, 0.3) is 5.65 Å². The Morgan fingerprint density at radius 2 is 2.12 bits per heavy atom. The van der Waals surface area contributed by atoms with Gasteiger partial charge in [0.2, 0.25) is 5.92 Å². The molecule has 2 aromatic rings. The molecule has 0 atom stereocenters. The molecule has 17 heavy (non-hydrogen) atoms. The van der Waals surface area contributed by atoms with E-state index in [0.29, 0.717) is 5.69 Å². The van der Waals surface area contributed by atoms with Gasteiger partial charge in [-0.1, -0.05) is 0 Å². The van der Waals surface area contributed by atoms with Crippen molar-refractivity contribution in [3.63, 3.8) is 0 Å². The first-order valence-corrected chi connectivity index (χ1v) is 4.94. The second kappa shape index (κ2) is 3.79. The van der Waals surface area contributed by atoms with Crippen LogP contribution < -0.4 is 11.4 Å². The van der Waals surface area contributed by atoms with Crippen molar-refractivity contribution in [3.8, 4) is 0 Å². The predicted molar refractivity (Wildman–Crippen MR) is 55.4 cm³/mol. The maximum atomic E-state index is 12.6. The van der Waals surface area contributed by atoms with Crippen LogP contribution in [-0.2, 0) is 6.42 Å². The van der Waals surface area contributed by atoms with E-state index >= 15 is 0 Å². The van der Waals surface area contributed by atoms with Crippen LogP contribution in [-0.4, -0.2) is 25.5 Å². The molecule has 0 amide bonds. The Morgan fingerprint density at radius 1 is 1.41 bits per heavy atom. The van der Waals surface area contributed by atoms with Crippen molar-refractivity contribution in [2.45, 2.75) is 25.7 Å². The van der Waals surface area contributed by atoms with E-state index in [-0.39, 0.29) is 18.5 Å². The Bertz CT molecular complexity index is 649.